The largest absolute Gasteiger partial charge is 0.497 e. The Bertz CT molecular complexity index is 654. The van der Waals surface area contributed by atoms with Gasteiger partial charge in [0.1, 0.15) is 5.75 Å². The molecule has 2 aromatic rings. The zero-order chi connectivity index (χ0) is 16.7. The number of nitrogens with two attached hydrogens (primary N) is 1. The van der Waals surface area contributed by atoms with Crippen LogP contribution in [-0.2, 0) is 11.2 Å². The molecule has 0 radical (unpaired) electrons. The van der Waals surface area contributed by atoms with Crippen molar-refractivity contribution in [1.29, 1.82) is 0 Å². The van der Waals surface area contributed by atoms with E-state index in [0.717, 1.165) is 5.56 Å². The third-order valence-electron chi connectivity index (χ3n) is 3.47. The maximum atomic E-state index is 12.0. The first-order chi connectivity index (χ1) is 11.1. The Morgan fingerprint density at radius 3 is 2.35 bits per heavy atom. The molecule has 0 aliphatic heterocycles. The van der Waals surface area contributed by atoms with Crippen molar-refractivity contribution in [3.05, 3.63) is 65.7 Å². The van der Waals surface area contributed by atoms with Crippen molar-refractivity contribution in [3.8, 4) is 5.75 Å². The van der Waals surface area contributed by atoms with E-state index in [4.69, 9.17) is 10.5 Å². The van der Waals surface area contributed by atoms with Crippen LogP contribution in [0.4, 0.5) is 0 Å². The normalized spacial score (nSPS) is 11.6. The lowest BCUT2D eigenvalue weighted by molar-refractivity contribution is -0.122. The standard InChI is InChI=1S/C18H20N2O3/c1-23-15-9-7-14(8-10-15)17(21)12-20-18(22)16(19)11-13-5-3-2-4-6-13/h2-10,16H,11-12,19H2,1H3,(H,20,22)/t16-/m0/s1. The highest BCUT2D eigenvalue weighted by Gasteiger charge is 2.15. The lowest BCUT2D eigenvalue weighted by Gasteiger charge is -2.12. The predicted octanol–water partition coefficient (Wildman–Crippen LogP) is 1.56. The van der Waals surface area contributed by atoms with Crippen LogP contribution in [0.25, 0.3) is 0 Å². The molecule has 0 spiro atoms. The second-order valence-corrected chi connectivity index (χ2v) is 5.17. The third-order valence-corrected chi connectivity index (χ3v) is 3.47. The van der Waals surface area contributed by atoms with Crippen LogP contribution in [-0.4, -0.2) is 31.4 Å². The summed E-state index contributed by atoms with van der Waals surface area (Å²) < 4.78 is 5.04. The van der Waals surface area contributed by atoms with Crippen LogP contribution in [0.15, 0.2) is 54.6 Å². The molecule has 23 heavy (non-hydrogen) atoms. The number of carbonyl (C=O) groups excluding carboxylic acids is 2. The average Bonchev–Trinajstić information content (AvgIpc) is 2.60. The maximum Gasteiger partial charge on any atom is 0.237 e. The second kappa shape index (κ2) is 8.10. The molecule has 0 aromatic heterocycles. The molecule has 5 nitrogen and oxygen atoms in total. The summed E-state index contributed by atoms with van der Waals surface area (Å²) in [6.45, 7) is -0.0757. The minimum Gasteiger partial charge on any atom is -0.497 e. The Morgan fingerprint density at radius 2 is 1.74 bits per heavy atom. The lowest BCUT2D eigenvalue weighted by Crippen LogP contribution is -2.43. The number of rotatable bonds is 7. The minimum atomic E-state index is -0.680. The summed E-state index contributed by atoms with van der Waals surface area (Å²) in [6.07, 6.45) is 0.434. The number of Topliss-reactive ketones (excluding diaryl/α,β-unsaturated/α-hetero) is 1. The molecule has 0 bridgehead atoms. The first-order valence-corrected chi connectivity index (χ1v) is 7.34. The molecule has 2 rings (SSSR count). The average molecular weight is 312 g/mol. The number of benzene rings is 2. The van der Waals surface area contributed by atoms with Crippen LogP contribution >= 0.6 is 0 Å². The summed E-state index contributed by atoms with van der Waals surface area (Å²) in [5.74, 6) is 0.166. The van der Waals surface area contributed by atoms with Gasteiger partial charge in [0.2, 0.25) is 5.91 Å². The first-order valence-electron chi connectivity index (χ1n) is 7.34. The Morgan fingerprint density at radius 1 is 1.09 bits per heavy atom. The monoisotopic (exact) mass is 312 g/mol. The number of hydrogen-bond donors (Lipinski definition) is 2. The van der Waals surface area contributed by atoms with E-state index in [-0.39, 0.29) is 18.2 Å². The molecule has 0 heterocycles. The zero-order valence-corrected chi connectivity index (χ0v) is 13.0. The highest BCUT2D eigenvalue weighted by molar-refractivity contribution is 5.99. The lowest BCUT2D eigenvalue weighted by atomic mass is 10.1. The van der Waals surface area contributed by atoms with Crippen molar-refractivity contribution in [2.45, 2.75) is 12.5 Å². The van der Waals surface area contributed by atoms with E-state index < -0.39 is 6.04 Å². The minimum absolute atomic E-state index is 0.0757. The van der Waals surface area contributed by atoms with Crippen molar-refractivity contribution in [3.63, 3.8) is 0 Å². The Labute approximate surface area is 135 Å². The molecule has 2 aromatic carbocycles. The van der Waals surface area contributed by atoms with Gasteiger partial charge in [-0.1, -0.05) is 30.3 Å². The summed E-state index contributed by atoms with van der Waals surface area (Å²) in [4.78, 5) is 24.0. The van der Waals surface area contributed by atoms with Crippen LogP contribution in [0.3, 0.4) is 0 Å². The van der Waals surface area contributed by atoms with Gasteiger partial charge >= 0.3 is 0 Å². The summed E-state index contributed by atoms with van der Waals surface area (Å²) in [5, 5.41) is 2.58. The SMILES string of the molecule is COc1ccc(C(=O)CNC(=O)[C@@H](N)Cc2ccccc2)cc1. The van der Waals surface area contributed by atoms with Gasteiger partial charge in [0, 0.05) is 5.56 Å². The van der Waals surface area contributed by atoms with Gasteiger partial charge in [-0.2, -0.15) is 0 Å². The topological polar surface area (TPSA) is 81.4 Å². The zero-order valence-electron chi connectivity index (χ0n) is 13.0. The molecular weight excluding hydrogens is 292 g/mol. The molecule has 120 valence electrons. The molecule has 0 saturated carbocycles. The number of amides is 1. The van der Waals surface area contributed by atoms with E-state index >= 15 is 0 Å². The van der Waals surface area contributed by atoms with E-state index in [2.05, 4.69) is 5.32 Å². The maximum absolute atomic E-state index is 12.0. The van der Waals surface area contributed by atoms with Crippen LogP contribution < -0.4 is 15.8 Å². The van der Waals surface area contributed by atoms with Gasteiger partial charge in [-0.25, -0.2) is 0 Å². The highest BCUT2D eigenvalue weighted by atomic mass is 16.5. The Hall–Kier alpha value is -2.66. The van der Waals surface area contributed by atoms with Crippen LogP contribution in [0.2, 0.25) is 0 Å². The van der Waals surface area contributed by atoms with E-state index in [9.17, 15) is 9.59 Å². The van der Waals surface area contributed by atoms with Gasteiger partial charge in [-0.3, -0.25) is 9.59 Å². The van der Waals surface area contributed by atoms with Gasteiger partial charge in [-0.15, -0.1) is 0 Å². The molecule has 1 amide bonds. The predicted molar refractivity (Wildman–Crippen MR) is 88.5 cm³/mol. The van der Waals surface area contributed by atoms with Gasteiger partial charge in [-0.05, 0) is 36.2 Å². The van der Waals surface area contributed by atoms with E-state index in [1.165, 1.54) is 0 Å². The molecule has 0 aliphatic rings. The van der Waals surface area contributed by atoms with Crippen molar-refractivity contribution in [1.82, 2.24) is 5.32 Å². The summed E-state index contributed by atoms with van der Waals surface area (Å²) >= 11 is 0. The number of methoxy groups -OCH3 is 1. The van der Waals surface area contributed by atoms with Gasteiger partial charge in [0.05, 0.1) is 19.7 Å². The van der Waals surface area contributed by atoms with Gasteiger partial charge in [0.15, 0.2) is 5.78 Å². The fourth-order valence-corrected chi connectivity index (χ4v) is 2.14. The van der Waals surface area contributed by atoms with Gasteiger partial charge < -0.3 is 15.8 Å². The molecule has 0 aliphatic carbocycles. The quantitative estimate of drug-likeness (QED) is 0.760. The molecule has 0 fully saturated rings. The van der Waals surface area contributed by atoms with Crippen molar-refractivity contribution >= 4 is 11.7 Å². The van der Waals surface area contributed by atoms with Crippen molar-refractivity contribution < 1.29 is 14.3 Å². The number of hydrogen-bond acceptors (Lipinski definition) is 4. The van der Waals surface area contributed by atoms with Crippen molar-refractivity contribution in [2.24, 2.45) is 5.73 Å². The van der Waals surface area contributed by atoms with Crippen molar-refractivity contribution in [2.75, 3.05) is 13.7 Å². The molecule has 5 heteroatoms. The highest BCUT2D eigenvalue weighted by Crippen LogP contribution is 2.11. The third kappa shape index (κ3) is 4.93. The molecule has 1 atom stereocenters. The molecule has 0 unspecified atom stereocenters. The van der Waals surface area contributed by atoms with Crippen LogP contribution in [0, 0.1) is 0 Å². The number of ketones is 1. The fourth-order valence-electron chi connectivity index (χ4n) is 2.14. The fraction of sp³-hybridized carbons (Fsp3) is 0.222. The second-order valence-electron chi connectivity index (χ2n) is 5.17. The van der Waals surface area contributed by atoms with E-state index in [1.807, 2.05) is 30.3 Å². The van der Waals surface area contributed by atoms with Crippen LogP contribution in [0.5, 0.6) is 5.75 Å². The first kappa shape index (κ1) is 16.7. The number of nitrogens with one attached hydrogen (secondary N) is 1. The summed E-state index contributed by atoms with van der Waals surface area (Å²) in [5.41, 5.74) is 7.37. The van der Waals surface area contributed by atoms with E-state index in [0.29, 0.717) is 17.7 Å². The Kier molecular flexibility index (Phi) is 5.88. The molecular formula is C18H20N2O3. The van der Waals surface area contributed by atoms with Crippen LogP contribution in [0.1, 0.15) is 15.9 Å². The Balaban J connectivity index is 1.84. The van der Waals surface area contributed by atoms with E-state index in [1.54, 1.807) is 31.4 Å². The number of carbonyl (C=O) groups is 2. The smallest absolute Gasteiger partial charge is 0.237 e. The summed E-state index contributed by atoms with van der Waals surface area (Å²) in [6, 6.07) is 15.6. The number of ether oxygens (including phenoxy) is 1. The summed E-state index contributed by atoms with van der Waals surface area (Å²) in [7, 11) is 1.56. The molecule has 3 N–H and O–H groups in total. The van der Waals surface area contributed by atoms with Gasteiger partial charge in [0.25, 0.3) is 0 Å². The molecule has 0 saturated heterocycles.